The van der Waals surface area contributed by atoms with Gasteiger partial charge in [-0.2, -0.15) is 0 Å². The molecule has 1 aromatic heterocycles. The number of hydrogen-bond acceptors (Lipinski definition) is 3. The predicted molar refractivity (Wildman–Crippen MR) is 82.4 cm³/mol. The van der Waals surface area contributed by atoms with E-state index in [2.05, 4.69) is 4.98 Å². The Bertz CT molecular complexity index is 618. The molecule has 0 saturated carbocycles. The van der Waals surface area contributed by atoms with Crippen LogP contribution in [-0.2, 0) is 4.65 Å². The van der Waals surface area contributed by atoms with Crippen molar-refractivity contribution >= 4 is 35.2 Å². The van der Waals surface area contributed by atoms with E-state index < -0.39 is 18.3 Å². The van der Waals surface area contributed by atoms with E-state index in [1.165, 1.54) is 0 Å². The van der Waals surface area contributed by atoms with Crippen LogP contribution < -0.4 is 5.59 Å². The van der Waals surface area contributed by atoms with Crippen LogP contribution in [0.2, 0.25) is 5.02 Å². The Morgan fingerprint density at radius 2 is 1.90 bits per heavy atom. The highest BCUT2D eigenvalue weighted by molar-refractivity contribution is 6.59. The van der Waals surface area contributed by atoms with E-state index in [1.54, 1.807) is 39.8 Å². The molecule has 0 atom stereocenters. The minimum atomic E-state index is -1.17. The minimum absolute atomic E-state index is 0.505. The number of nitrogens with one attached hydrogen (secondary N) is 1. The summed E-state index contributed by atoms with van der Waals surface area (Å²) in [6, 6.07) is 7.25. The first-order valence-corrected chi connectivity index (χ1v) is 6.85. The summed E-state index contributed by atoms with van der Waals surface area (Å²) in [4.78, 5) is 3.07. The highest BCUT2D eigenvalue weighted by Gasteiger charge is 2.40. The summed E-state index contributed by atoms with van der Waals surface area (Å²) in [5.41, 5.74) is -0.660. The summed E-state index contributed by atoms with van der Waals surface area (Å²) < 4.78 is 5.59. The van der Waals surface area contributed by atoms with E-state index in [-0.39, 0.29) is 0 Å². The highest BCUT2D eigenvalue weighted by atomic mass is 35.5. The number of aromatic nitrogens is 1. The number of hydrogen-bond donors (Lipinski definition) is 3. The van der Waals surface area contributed by atoms with E-state index in [0.29, 0.717) is 10.6 Å². The topological polar surface area (TPSA) is 65.5 Å². The molecular formula is C14H19BClNO3. The van der Waals surface area contributed by atoms with Crippen molar-refractivity contribution in [2.45, 2.75) is 38.9 Å². The molecule has 0 bridgehead atoms. The summed E-state index contributed by atoms with van der Waals surface area (Å²) in [6.07, 6.45) is 0. The molecule has 6 heteroatoms. The van der Waals surface area contributed by atoms with Crippen LogP contribution in [-0.4, -0.2) is 33.4 Å². The quantitative estimate of drug-likeness (QED) is 0.757. The van der Waals surface area contributed by atoms with Crippen molar-refractivity contribution in [1.82, 2.24) is 4.98 Å². The van der Waals surface area contributed by atoms with Crippen LogP contribution in [0.5, 0.6) is 0 Å². The van der Waals surface area contributed by atoms with Crippen molar-refractivity contribution in [3.63, 3.8) is 0 Å². The first-order chi connectivity index (χ1) is 9.12. The van der Waals surface area contributed by atoms with Crippen LogP contribution in [0.4, 0.5) is 0 Å². The predicted octanol–water partition coefficient (Wildman–Crippen LogP) is 2.07. The van der Waals surface area contributed by atoms with Gasteiger partial charge < -0.3 is 19.8 Å². The van der Waals surface area contributed by atoms with Crippen LogP contribution in [0.15, 0.2) is 24.3 Å². The first kappa shape index (κ1) is 15.4. The van der Waals surface area contributed by atoms with Crippen molar-refractivity contribution < 1.29 is 14.8 Å². The van der Waals surface area contributed by atoms with Crippen LogP contribution in [0.3, 0.4) is 0 Å². The van der Waals surface area contributed by atoms with E-state index in [9.17, 15) is 10.1 Å². The second-order valence-electron chi connectivity index (χ2n) is 5.97. The molecule has 0 saturated heterocycles. The summed E-state index contributed by atoms with van der Waals surface area (Å²) in [5, 5.41) is 21.7. The van der Waals surface area contributed by atoms with E-state index in [4.69, 9.17) is 16.3 Å². The number of halogens is 1. The van der Waals surface area contributed by atoms with Gasteiger partial charge in [0.15, 0.2) is 0 Å². The zero-order valence-corrected chi connectivity index (χ0v) is 12.8. The van der Waals surface area contributed by atoms with Crippen molar-refractivity contribution in [1.29, 1.82) is 0 Å². The standard InChI is InChI=1S/C14H19BClNO3/c1-13(2,18)14(3,4)20-15(19)12-8-9-10(16)6-5-7-11(9)17-12/h5-8,17-19H,1-4H3. The average molecular weight is 296 g/mol. The fourth-order valence-corrected chi connectivity index (χ4v) is 1.99. The van der Waals surface area contributed by atoms with Gasteiger partial charge in [0.1, 0.15) is 0 Å². The fourth-order valence-electron chi connectivity index (χ4n) is 1.76. The van der Waals surface area contributed by atoms with Gasteiger partial charge in [-0.25, -0.2) is 0 Å². The SMILES string of the molecule is CC(C)(O)C(C)(C)OB(O)c1cc2c(Cl)cccc2[nH]1. The monoisotopic (exact) mass is 295 g/mol. The zero-order valence-electron chi connectivity index (χ0n) is 12.1. The van der Waals surface area contributed by atoms with E-state index in [0.717, 1.165) is 10.9 Å². The third-order valence-electron chi connectivity index (χ3n) is 3.78. The van der Waals surface area contributed by atoms with Gasteiger partial charge in [0, 0.05) is 21.5 Å². The Labute approximate surface area is 123 Å². The molecule has 0 radical (unpaired) electrons. The van der Waals surface area contributed by atoms with Gasteiger partial charge >= 0.3 is 7.12 Å². The number of rotatable bonds is 4. The maximum atomic E-state index is 10.2. The minimum Gasteiger partial charge on any atom is -0.422 e. The molecule has 0 fully saturated rings. The van der Waals surface area contributed by atoms with Gasteiger partial charge in [-0.3, -0.25) is 0 Å². The normalized spacial score (nSPS) is 12.9. The summed E-state index contributed by atoms with van der Waals surface area (Å²) >= 11 is 6.10. The number of aliphatic hydroxyl groups is 1. The van der Waals surface area contributed by atoms with Crippen LogP contribution in [0.1, 0.15) is 27.7 Å². The number of fused-ring (bicyclic) bond motifs is 1. The molecule has 0 aliphatic carbocycles. The molecule has 2 aromatic rings. The lowest BCUT2D eigenvalue weighted by molar-refractivity contribution is -0.0983. The molecule has 4 nitrogen and oxygen atoms in total. The first-order valence-electron chi connectivity index (χ1n) is 6.47. The Kier molecular flexibility index (Phi) is 3.91. The Morgan fingerprint density at radius 3 is 2.45 bits per heavy atom. The van der Waals surface area contributed by atoms with Crippen molar-refractivity contribution in [2.24, 2.45) is 0 Å². The zero-order chi connectivity index (χ0) is 15.1. The van der Waals surface area contributed by atoms with Gasteiger partial charge in [-0.1, -0.05) is 17.7 Å². The summed E-state index contributed by atoms with van der Waals surface area (Å²) in [5.74, 6) is 0. The fraction of sp³-hybridized carbons (Fsp3) is 0.429. The van der Waals surface area contributed by atoms with Gasteiger partial charge in [0.2, 0.25) is 0 Å². The largest absolute Gasteiger partial charge is 0.508 e. The molecule has 0 spiro atoms. The lowest BCUT2D eigenvalue weighted by Gasteiger charge is -2.38. The molecule has 1 aromatic carbocycles. The molecule has 3 N–H and O–H groups in total. The van der Waals surface area contributed by atoms with Crippen LogP contribution in [0.25, 0.3) is 10.9 Å². The molecule has 108 valence electrons. The maximum Gasteiger partial charge on any atom is 0.508 e. The number of H-pyrrole nitrogens is 1. The molecule has 2 rings (SSSR count). The Hall–Kier alpha value is -1.01. The molecule has 0 aliphatic rings. The third kappa shape index (κ3) is 2.86. The average Bonchev–Trinajstić information content (AvgIpc) is 2.72. The molecule has 1 heterocycles. The lowest BCUT2D eigenvalue weighted by Crippen LogP contribution is -2.53. The third-order valence-corrected chi connectivity index (χ3v) is 4.11. The second kappa shape index (κ2) is 5.08. The lowest BCUT2D eigenvalue weighted by atomic mass is 9.80. The van der Waals surface area contributed by atoms with Crippen molar-refractivity contribution in [3.05, 3.63) is 29.3 Å². The summed E-state index contributed by atoms with van der Waals surface area (Å²) in [7, 11) is -1.17. The molecule has 0 aliphatic heterocycles. The van der Waals surface area contributed by atoms with E-state index in [1.807, 2.05) is 12.1 Å². The van der Waals surface area contributed by atoms with Gasteiger partial charge in [-0.05, 0) is 45.9 Å². The second-order valence-corrected chi connectivity index (χ2v) is 6.37. The number of benzene rings is 1. The molecule has 20 heavy (non-hydrogen) atoms. The summed E-state index contributed by atoms with van der Waals surface area (Å²) in [6.45, 7) is 6.74. The van der Waals surface area contributed by atoms with E-state index >= 15 is 0 Å². The molecule has 0 unspecified atom stereocenters. The smallest absolute Gasteiger partial charge is 0.422 e. The Balaban J connectivity index is 2.28. The maximum absolute atomic E-state index is 10.2. The van der Waals surface area contributed by atoms with Crippen LogP contribution >= 0.6 is 11.6 Å². The van der Waals surface area contributed by atoms with Gasteiger partial charge in [-0.15, -0.1) is 0 Å². The molecule has 0 amide bonds. The Morgan fingerprint density at radius 1 is 1.25 bits per heavy atom. The van der Waals surface area contributed by atoms with Crippen molar-refractivity contribution in [2.75, 3.05) is 0 Å². The van der Waals surface area contributed by atoms with Gasteiger partial charge in [0.05, 0.1) is 11.2 Å². The van der Waals surface area contributed by atoms with Crippen LogP contribution in [0, 0.1) is 0 Å². The highest BCUT2D eigenvalue weighted by Crippen LogP contribution is 2.26. The van der Waals surface area contributed by atoms with Gasteiger partial charge in [0.25, 0.3) is 0 Å². The molecular weight excluding hydrogens is 276 g/mol. The van der Waals surface area contributed by atoms with Crippen molar-refractivity contribution in [3.8, 4) is 0 Å². The number of aromatic amines is 1.